The molecule has 1 rings (SSSR count). The van der Waals surface area contributed by atoms with E-state index in [9.17, 15) is 31.5 Å². The van der Waals surface area contributed by atoms with Crippen molar-refractivity contribution in [2.75, 3.05) is 86.4 Å². The highest BCUT2D eigenvalue weighted by molar-refractivity contribution is 5.72. The van der Waals surface area contributed by atoms with E-state index in [1.54, 1.807) is 0 Å². The molecule has 0 N–H and O–H groups in total. The number of ether oxygens (including phenoxy) is 8. The van der Waals surface area contributed by atoms with Crippen LogP contribution in [-0.2, 0) is 42.7 Å². The quantitative estimate of drug-likeness (QED) is 0.0565. The van der Waals surface area contributed by atoms with Crippen molar-refractivity contribution in [3.8, 4) is 5.75 Å². The number of esters is 2. The normalized spacial score (nSPS) is 11.1. The Labute approximate surface area is 209 Å². The molecule has 0 aliphatic rings. The van der Waals surface area contributed by atoms with Gasteiger partial charge in [-0.25, -0.2) is 18.0 Å². The molecule has 0 aliphatic heterocycles. The number of hydrogen-bond acceptors (Lipinski definition) is 10. The van der Waals surface area contributed by atoms with Crippen LogP contribution in [0, 0.1) is 29.1 Å². The Balaban J connectivity index is 1.91. The van der Waals surface area contributed by atoms with Crippen molar-refractivity contribution in [2.45, 2.75) is 6.42 Å². The Bertz CT molecular complexity index is 799. The van der Waals surface area contributed by atoms with Gasteiger partial charge in [-0.15, -0.1) is 0 Å². The maximum Gasteiger partial charge on any atom is 0.331 e. The summed E-state index contributed by atoms with van der Waals surface area (Å²) in [6.45, 7) is 2.45. The molecule has 0 atom stereocenters. The fourth-order valence-corrected chi connectivity index (χ4v) is 2.31. The second-order valence-corrected chi connectivity index (χ2v) is 6.81. The summed E-state index contributed by atoms with van der Waals surface area (Å²) >= 11 is 0. The van der Waals surface area contributed by atoms with Crippen LogP contribution in [0.1, 0.15) is 6.42 Å². The Morgan fingerprint density at radius 1 is 0.514 bits per heavy atom. The predicted molar refractivity (Wildman–Crippen MR) is 113 cm³/mol. The van der Waals surface area contributed by atoms with E-state index in [1.807, 2.05) is 0 Å². The van der Waals surface area contributed by atoms with Gasteiger partial charge in [0.25, 0.3) is 0 Å². The third-order valence-corrected chi connectivity index (χ3v) is 4.14. The van der Waals surface area contributed by atoms with Crippen molar-refractivity contribution >= 4 is 11.9 Å². The number of rotatable bonds is 21. The first-order chi connectivity index (χ1) is 17.8. The maximum atomic E-state index is 13.5. The first-order valence-corrected chi connectivity index (χ1v) is 11.0. The topological polar surface area (TPSA) is 108 Å². The molecule has 212 valence electrons. The smallest absolute Gasteiger partial charge is 0.331 e. The van der Waals surface area contributed by atoms with Gasteiger partial charge < -0.3 is 37.9 Å². The summed E-state index contributed by atoms with van der Waals surface area (Å²) in [7, 11) is 1.27. The van der Waals surface area contributed by atoms with Crippen LogP contribution < -0.4 is 4.74 Å². The highest BCUT2D eigenvalue weighted by atomic mass is 19.2. The van der Waals surface area contributed by atoms with Crippen molar-refractivity contribution < 1.29 is 69.4 Å². The molecule has 0 radical (unpaired) electrons. The van der Waals surface area contributed by atoms with E-state index in [2.05, 4.69) is 9.47 Å². The van der Waals surface area contributed by atoms with Gasteiger partial charge in [-0.05, 0) is 0 Å². The third kappa shape index (κ3) is 13.6. The van der Waals surface area contributed by atoms with Crippen molar-refractivity contribution in [3.63, 3.8) is 0 Å². The molecule has 0 bridgehead atoms. The largest absolute Gasteiger partial charge is 0.467 e. The molecule has 0 unspecified atom stereocenters. The molecule has 0 saturated heterocycles. The monoisotopic (exact) mass is 548 g/mol. The van der Waals surface area contributed by atoms with E-state index < -0.39 is 53.2 Å². The Morgan fingerprint density at radius 3 is 1.27 bits per heavy atom. The van der Waals surface area contributed by atoms with E-state index in [1.165, 1.54) is 7.11 Å². The van der Waals surface area contributed by atoms with Crippen LogP contribution in [0.15, 0.2) is 0 Å². The van der Waals surface area contributed by atoms with E-state index in [0.29, 0.717) is 39.6 Å². The van der Waals surface area contributed by atoms with Gasteiger partial charge in [0.2, 0.25) is 34.8 Å². The van der Waals surface area contributed by atoms with Gasteiger partial charge in [0.1, 0.15) is 6.61 Å². The zero-order valence-electron chi connectivity index (χ0n) is 20.2. The molecule has 0 amide bonds. The lowest BCUT2D eigenvalue weighted by Crippen LogP contribution is -2.16. The number of carbonyl (C=O) groups is 2. The molecule has 10 nitrogen and oxygen atoms in total. The molecule has 0 aliphatic carbocycles. The summed E-state index contributed by atoms with van der Waals surface area (Å²) < 4.78 is 106. The van der Waals surface area contributed by atoms with Crippen LogP contribution in [0.5, 0.6) is 5.75 Å². The number of halogens is 5. The lowest BCUT2D eigenvalue weighted by atomic mass is 10.2. The zero-order chi connectivity index (χ0) is 27.5. The first-order valence-electron chi connectivity index (χ1n) is 11.0. The van der Waals surface area contributed by atoms with Crippen molar-refractivity contribution in [1.82, 2.24) is 0 Å². The second-order valence-electron chi connectivity index (χ2n) is 6.81. The van der Waals surface area contributed by atoms with E-state index in [0.717, 1.165) is 0 Å². The van der Waals surface area contributed by atoms with Gasteiger partial charge in [0, 0.05) is 0 Å². The second kappa shape index (κ2) is 19.7. The molecule has 0 spiro atoms. The number of carbonyl (C=O) groups excluding carboxylic acids is 2. The first kappa shape index (κ1) is 32.6. The fraction of sp³-hybridized carbons (Fsp3) is 0.636. The predicted octanol–water partition coefficient (Wildman–Crippen LogP) is 1.95. The van der Waals surface area contributed by atoms with Crippen molar-refractivity contribution in [3.05, 3.63) is 29.1 Å². The molecule has 1 aromatic rings. The molecule has 0 heterocycles. The Morgan fingerprint density at radius 2 is 0.865 bits per heavy atom. The van der Waals surface area contributed by atoms with Crippen LogP contribution in [-0.4, -0.2) is 98.3 Å². The molecule has 0 fully saturated rings. The Kier molecular flexibility index (Phi) is 17.3. The number of benzene rings is 1. The highest BCUT2D eigenvalue weighted by Gasteiger charge is 2.28. The van der Waals surface area contributed by atoms with Crippen LogP contribution in [0.25, 0.3) is 0 Å². The summed E-state index contributed by atoms with van der Waals surface area (Å²) in [4.78, 5) is 22.4. The van der Waals surface area contributed by atoms with Gasteiger partial charge in [-0.1, -0.05) is 0 Å². The van der Waals surface area contributed by atoms with Gasteiger partial charge in [-0.2, -0.15) is 8.78 Å². The number of hydrogen-bond donors (Lipinski definition) is 0. The minimum Gasteiger partial charge on any atom is -0.467 e. The SMILES string of the molecule is COC(=O)COCCOCCOCCOCCOCCOCCC(=O)Oc1c(F)c(F)c(F)c(F)c1F. The molecule has 0 aromatic heterocycles. The lowest BCUT2D eigenvalue weighted by Gasteiger charge is -2.09. The average Bonchev–Trinajstić information content (AvgIpc) is 2.89. The summed E-state index contributed by atoms with van der Waals surface area (Å²) in [5, 5.41) is 0. The highest BCUT2D eigenvalue weighted by Crippen LogP contribution is 2.29. The van der Waals surface area contributed by atoms with Crippen molar-refractivity contribution in [1.29, 1.82) is 0 Å². The lowest BCUT2D eigenvalue weighted by molar-refractivity contribution is -0.146. The average molecular weight is 548 g/mol. The zero-order valence-corrected chi connectivity index (χ0v) is 20.2. The minimum absolute atomic E-state index is 0.0760. The van der Waals surface area contributed by atoms with Crippen LogP contribution in [0.2, 0.25) is 0 Å². The van der Waals surface area contributed by atoms with Gasteiger partial charge in [0.15, 0.2) is 0 Å². The van der Waals surface area contributed by atoms with Crippen LogP contribution >= 0.6 is 0 Å². The summed E-state index contributed by atoms with van der Waals surface area (Å²) in [6.07, 6.45) is -0.489. The van der Waals surface area contributed by atoms with Gasteiger partial charge >= 0.3 is 11.9 Å². The Hall–Kier alpha value is -2.43. The van der Waals surface area contributed by atoms with Crippen LogP contribution in [0.3, 0.4) is 0 Å². The fourth-order valence-electron chi connectivity index (χ4n) is 2.31. The van der Waals surface area contributed by atoms with E-state index in [-0.39, 0.29) is 39.6 Å². The van der Waals surface area contributed by atoms with E-state index in [4.69, 9.17) is 28.4 Å². The summed E-state index contributed by atoms with van der Waals surface area (Å²) in [5.41, 5.74) is 0. The number of methoxy groups -OCH3 is 1. The van der Waals surface area contributed by atoms with Gasteiger partial charge in [-0.3, -0.25) is 4.79 Å². The van der Waals surface area contributed by atoms with Crippen molar-refractivity contribution in [2.24, 2.45) is 0 Å². The molecular weight excluding hydrogens is 519 g/mol. The molecule has 1 aromatic carbocycles. The standard InChI is InChI=1S/C22H29F5O10/c1-30-16(29)14-36-13-12-35-11-10-34-9-8-33-7-6-32-5-4-31-3-2-15(28)37-22-20(26)18(24)17(23)19(25)21(22)27/h2-14H2,1H3. The molecular formula is C22H29F5O10. The van der Waals surface area contributed by atoms with Gasteiger partial charge in [0.05, 0.1) is 86.2 Å². The maximum absolute atomic E-state index is 13.5. The molecule has 0 saturated carbocycles. The summed E-state index contributed by atoms with van der Waals surface area (Å²) in [5.74, 6) is -14.6. The third-order valence-electron chi connectivity index (χ3n) is 4.14. The van der Waals surface area contributed by atoms with E-state index >= 15 is 0 Å². The minimum atomic E-state index is -2.35. The molecule has 15 heteroatoms. The summed E-state index contributed by atoms with van der Waals surface area (Å²) in [6, 6.07) is 0. The van der Waals surface area contributed by atoms with Crippen LogP contribution in [0.4, 0.5) is 22.0 Å². The molecule has 37 heavy (non-hydrogen) atoms.